The standard InChI is InChI=1S/C17H18BrClN2O3/c1-10-4-5-13(11(18)6-10)20-9-17(22)21-14-7-12(19)15(23-2)8-16(14)24-3/h4-8,20H,9H2,1-3H3,(H,21,22). The monoisotopic (exact) mass is 412 g/mol. The van der Waals surface area contributed by atoms with E-state index >= 15 is 0 Å². The number of rotatable bonds is 6. The Labute approximate surface area is 154 Å². The van der Waals surface area contributed by atoms with Crippen LogP contribution in [0, 0.1) is 6.92 Å². The third-order valence-corrected chi connectivity index (χ3v) is 4.26. The second-order valence-corrected chi connectivity index (χ2v) is 6.33. The molecule has 1 amide bonds. The zero-order valence-electron chi connectivity index (χ0n) is 13.6. The van der Waals surface area contributed by atoms with Crippen LogP contribution in [-0.2, 0) is 4.79 Å². The molecule has 0 aliphatic rings. The van der Waals surface area contributed by atoms with E-state index in [1.54, 1.807) is 12.1 Å². The molecule has 0 aliphatic heterocycles. The molecule has 24 heavy (non-hydrogen) atoms. The molecular weight excluding hydrogens is 396 g/mol. The van der Waals surface area contributed by atoms with E-state index < -0.39 is 0 Å². The summed E-state index contributed by atoms with van der Waals surface area (Å²) in [7, 11) is 3.03. The Kier molecular flexibility index (Phi) is 6.34. The molecular formula is C17H18BrClN2O3. The van der Waals surface area contributed by atoms with E-state index in [0.29, 0.717) is 22.2 Å². The Hall–Kier alpha value is -1.92. The highest BCUT2D eigenvalue weighted by Crippen LogP contribution is 2.35. The molecule has 5 nitrogen and oxygen atoms in total. The first-order chi connectivity index (χ1) is 11.4. The van der Waals surface area contributed by atoms with Gasteiger partial charge in [0.25, 0.3) is 0 Å². The van der Waals surface area contributed by atoms with Crippen LogP contribution in [0.4, 0.5) is 11.4 Å². The van der Waals surface area contributed by atoms with E-state index in [0.717, 1.165) is 15.7 Å². The number of halogens is 2. The highest BCUT2D eigenvalue weighted by molar-refractivity contribution is 9.10. The molecule has 128 valence electrons. The topological polar surface area (TPSA) is 59.6 Å². The number of carbonyl (C=O) groups is 1. The van der Waals surface area contributed by atoms with E-state index in [-0.39, 0.29) is 12.5 Å². The maximum atomic E-state index is 12.2. The Bertz CT molecular complexity index is 753. The fourth-order valence-corrected chi connectivity index (χ4v) is 2.97. The fourth-order valence-electron chi connectivity index (χ4n) is 2.09. The van der Waals surface area contributed by atoms with Gasteiger partial charge in [-0.05, 0) is 46.6 Å². The number of ether oxygens (including phenoxy) is 2. The molecule has 0 bridgehead atoms. The van der Waals surface area contributed by atoms with Crippen LogP contribution in [0.25, 0.3) is 0 Å². The molecule has 2 aromatic rings. The lowest BCUT2D eigenvalue weighted by Crippen LogP contribution is -2.22. The zero-order chi connectivity index (χ0) is 17.7. The number of hydrogen-bond acceptors (Lipinski definition) is 4. The quantitative estimate of drug-likeness (QED) is 0.733. The molecule has 0 saturated carbocycles. The number of hydrogen-bond donors (Lipinski definition) is 2. The van der Waals surface area contributed by atoms with Crippen molar-refractivity contribution in [3.8, 4) is 11.5 Å². The smallest absolute Gasteiger partial charge is 0.243 e. The van der Waals surface area contributed by atoms with Gasteiger partial charge in [0.05, 0.1) is 31.5 Å². The van der Waals surface area contributed by atoms with E-state index in [1.807, 2.05) is 25.1 Å². The highest BCUT2D eigenvalue weighted by Gasteiger charge is 2.12. The molecule has 2 aromatic carbocycles. The van der Waals surface area contributed by atoms with E-state index in [2.05, 4.69) is 26.6 Å². The molecule has 0 heterocycles. The number of aryl methyl sites for hydroxylation is 1. The molecule has 2 N–H and O–H groups in total. The molecule has 0 spiro atoms. The van der Waals surface area contributed by atoms with Crippen LogP contribution in [0.15, 0.2) is 34.8 Å². The first-order valence-corrected chi connectivity index (χ1v) is 8.33. The van der Waals surface area contributed by atoms with Crippen molar-refractivity contribution in [2.45, 2.75) is 6.92 Å². The Morgan fingerprint density at radius 1 is 1.12 bits per heavy atom. The van der Waals surface area contributed by atoms with E-state index in [9.17, 15) is 4.79 Å². The summed E-state index contributed by atoms with van der Waals surface area (Å²) < 4.78 is 11.3. The molecule has 0 aromatic heterocycles. The lowest BCUT2D eigenvalue weighted by molar-refractivity contribution is -0.114. The summed E-state index contributed by atoms with van der Waals surface area (Å²) >= 11 is 9.56. The average Bonchev–Trinajstić information content (AvgIpc) is 2.54. The van der Waals surface area contributed by atoms with Crippen molar-refractivity contribution in [2.75, 3.05) is 31.4 Å². The number of nitrogens with one attached hydrogen (secondary N) is 2. The largest absolute Gasteiger partial charge is 0.495 e. The third-order valence-electron chi connectivity index (χ3n) is 3.31. The molecule has 2 rings (SSSR count). The third kappa shape index (κ3) is 4.55. The lowest BCUT2D eigenvalue weighted by Gasteiger charge is -2.14. The fraction of sp³-hybridized carbons (Fsp3) is 0.235. The van der Waals surface area contributed by atoms with Crippen LogP contribution in [0.5, 0.6) is 11.5 Å². The first kappa shape index (κ1) is 18.4. The van der Waals surface area contributed by atoms with Gasteiger partial charge < -0.3 is 20.1 Å². The highest BCUT2D eigenvalue weighted by atomic mass is 79.9. The number of carbonyl (C=O) groups excluding carboxylic acids is 1. The molecule has 0 atom stereocenters. The number of methoxy groups -OCH3 is 2. The summed E-state index contributed by atoms with van der Waals surface area (Å²) in [6.07, 6.45) is 0. The van der Waals surface area contributed by atoms with E-state index in [1.165, 1.54) is 14.2 Å². The second kappa shape index (κ2) is 8.26. The van der Waals surface area contributed by atoms with Gasteiger partial charge in [-0.2, -0.15) is 0 Å². The van der Waals surface area contributed by atoms with Crippen molar-refractivity contribution >= 4 is 44.8 Å². The van der Waals surface area contributed by atoms with Gasteiger partial charge in [0.15, 0.2) is 0 Å². The average molecular weight is 414 g/mol. The minimum absolute atomic E-state index is 0.106. The van der Waals surface area contributed by atoms with Crippen LogP contribution < -0.4 is 20.1 Å². The van der Waals surface area contributed by atoms with Gasteiger partial charge in [0.1, 0.15) is 11.5 Å². The summed E-state index contributed by atoms with van der Waals surface area (Å²) in [6.45, 7) is 2.11. The maximum absolute atomic E-state index is 12.2. The van der Waals surface area contributed by atoms with Crippen LogP contribution in [0.2, 0.25) is 5.02 Å². The number of benzene rings is 2. The van der Waals surface area contributed by atoms with Crippen molar-refractivity contribution in [3.05, 3.63) is 45.4 Å². The SMILES string of the molecule is COc1cc(OC)c(NC(=O)CNc2ccc(C)cc2Br)cc1Cl. The summed E-state index contributed by atoms with van der Waals surface area (Å²) in [5, 5.41) is 6.24. The minimum Gasteiger partial charge on any atom is -0.495 e. The van der Waals surface area contributed by atoms with Crippen molar-refractivity contribution in [3.63, 3.8) is 0 Å². The van der Waals surface area contributed by atoms with Crippen molar-refractivity contribution < 1.29 is 14.3 Å². The number of amides is 1. The van der Waals surface area contributed by atoms with Gasteiger partial charge in [-0.1, -0.05) is 17.7 Å². The van der Waals surface area contributed by atoms with Crippen LogP contribution >= 0.6 is 27.5 Å². The van der Waals surface area contributed by atoms with Crippen molar-refractivity contribution in [1.29, 1.82) is 0 Å². The molecule has 0 unspecified atom stereocenters. The van der Waals surface area contributed by atoms with Gasteiger partial charge in [-0.3, -0.25) is 4.79 Å². The summed E-state index contributed by atoms with van der Waals surface area (Å²) in [5.41, 5.74) is 2.46. The molecule has 0 radical (unpaired) electrons. The molecule has 7 heteroatoms. The molecule has 0 fully saturated rings. The number of anilines is 2. The zero-order valence-corrected chi connectivity index (χ0v) is 15.9. The maximum Gasteiger partial charge on any atom is 0.243 e. The van der Waals surface area contributed by atoms with Crippen molar-refractivity contribution in [2.24, 2.45) is 0 Å². The van der Waals surface area contributed by atoms with Crippen molar-refractivity contribution in [1.82, 2.24) is 0 Å². The predicted molar refractivity (Wildman–Crippen MR) is 101 cm³/mol. The van der Waals surface area contributed by atoms with Crippen LogP contribution in [0.1, 0.15) is 5.56 Å². The predicted octanol–water partition coefficient (Wildman–Crippen LogP) is 4.48. The second-order valence-electron chi connectivity index (χ2n) is 5.07. The van der Waals surface area contributed by atoms with Gasteiger partial charge in [0, 0.05) is 16.2 Å². The molecule has 0 aliphatic carbocycles. The van der Waals surface area contributed by atoms with Gasteiger partial charge in [0.2, 0.25) is 5.91 Å². The Morgan fingerprint density at radius 3 is 2.46 bits per heavy atom. The van der Waals surface area contributed by atoms with Gasteiger partial charge in [-0.15, -0.1) is 0 Å². The molecule has 0 saturated heterocycles. The summed E-state index contributed by atoms with van der Waals surface area (Å²) in [4.78, 5) is 12.2. The summed E-state index contributed by atoms with van der Waals surface area (Å²) in [5.74, 6) is 0.733. The van der Waals surface area contributed by atoms with Gasteiger partial charge >= 0.3 is 0 Å². The van der Waals surface area contributed by atoms with E-state index in [4.69, 9.17) is 21.1 Å². The lowest BCUT2D eigenvalue weighted by atomic mass is 10.2. The van der Waals surface area contributed by atoms with Crippen LogP contribution in [0.3, 0.4) is 0 Å². The normalized spacial score (nSPS) is 10.2. The Balaban J connectivity index is 2.05. The minimum atomic E-state index is -0.220. The van der Waals surface area contributed by atoms with Crippen LogP contribution in [-0.4, -0.2) is 26.7 Å². The van der Waals surface area contributed by atoms with Gasteiger partial charge in [-0.25, -0.2) is 0 Å². The Morgan fingerprint density at radius 2 is 1.83 bits per heavy atom. The first-order valence-electron chi connectivity index (χ1n) is 7.16. The summed E-state index contributed by atoms with van der Waals surface area (Å²) in [6, 6.07) is 9.09.